The molecule has 0 aromatic rings. The van der Waals surface area contributed by atoms with E-state index in [1.54, 1.807) is 4.31 Å². The van der Waals surface area contributed by atoms with Gasteiger partial charge in [0, 0.05) is 26.2 Å². The first-order valence-corrected chi connectivity index (χ1v) is 6.98. The van der Waals surface area contributed by atoms with Crippen LogP contribution in [0.5, 0.6) is 0 Å². The molecule has 4 nitrogen and oxygen atoms in total. The van der Waals surface area contributed by atoms with Gasteiger partial charge in [0.25, 0.3) is 0 Å². The molecule has 0 bridgehead atoms. The van der Waals surface area contributed by atoms with Crippen molar-refractivity contribution in [2.75, 3.05) is 31.9 Å². The fourth-order valence-corrected chi connectivity index (χ4v) is 3.40. The summed E-state index contributed by atoms with van der Waals surface area (Å²) in [5.41, 5.74) is 0. The highest BCUT2D eigenvalue weighted by Crippen LogP contribution is 2.32. The summed E-state index contributed by atoms with van der Waals surface area (Å²) in [7, 11) is -2.95. The van der Waals surface area contributed by atoms with Gasteiger partial charge in [-0.2, -0.15) is 4.31 Å². The second kappa shape index (κ2) is 5.48. The van der Waals surface area contributed by atoms with E-state index in [0.29, 0.717) is 24.8 Å². The number of sulfonamides is 1. The Balaban J connectivity index is 0.00000112. The van der Waals surface area contributed by atoms with Crippen molar-refractivity contribution in [3.8, 4) is 0 Å². The third-order valence-electron chi connectivity index (χ3n) is 2.95. The average Bonchev–Trinajstić information content (AvgIpc) is 3.00. The Morgan fingerprint density at radius 2 is 1.80 bits per heavy atom. The van der Waals surface area contributed by atoms with Crippen LogP contribution in [0.15, 0.2) is 0 Å². The molecule has 2 fully saturated rings. The van der Waals surface area contributed by atoms with Gasteiger partial charge in [-0.1, -0.05) is 12.8 Å². The van der Waals surface area contributed by atoms with Crippen molar-refractivity contribution in [2.45, 2.75) is 19.3 Å². The second-order valence-electron chi connectivity index (χ2n) is 4.20. The molecule has 1 aliphatic carbocycles. The highest BCUT2D eigenvalue weighted by atomic mass is 35.5. The molecule has 1 saturated carbocycles. The minimum absolute atomic E-state index is 0. The van der Waals surface area contributed by atoms with Gasteiger partial charge in [0.05, 0.1) is 5.75 Å². The Hall–Kier alpha value is 0.160. The number of rotatable bonds is 4. The Labute approximate surface area is 97.9 Å². The van der Waals surface area contributed by atoms with Crippen molar-refractivity contribution in [1.82, 2.24) is 9.62 Å². The van der Waals surface area contributed by atoms with E-state index in [0.717, 1.165) is 19.5 Å². The smallest absolute Gasteiger partial charge is 0.214 e. The van der Waals surface area contributed by atoms with Gasteiger partial charge < -0.3 is 5.32 Å². The molecule has 1 aliphatic heterocycles. The molecule has 2 aliphatic rings. The van der Waals surface area contributed by atoms with E-state index >= 15 is 0 Å². The number of piperazine rings is 1. The first kappa shape index (κ1) is 13.2. The van der Waals surface area contributed by atoms with E-state index in [4.69, 9.17) is 0 Å². The number of nitrogens with zero attached hydrogens (tertiary/aromatic N) is 1. The van der Waals surface area contributed by atoms with E-state index in [1.807, 2.05) is 0 Å². The van der Waals surface area contributed by atoms with Crippen LogP contribution in [0.2, 0.25) is 0 Å². The van der Waals surface area contributed by atoms with Crippen LogP contribution in [-0.4, -0.2) is 44.7 Å². The maximum atomic E-state index is 11.8. The molecule has 1 N–H and O–H groups in total. The number of hydrogen-bond donors (Lipinski definition) is 1. The monoisotopic (exact) mass is 254 g/mol. The Kier molecular flexibility index (Phi) is 4.83. The summed E-state index contributed by atoms with van der Waals surface area (Å²) in [6.07, 6.45) is 3.33. The first-order chi connectivity index (χ1) is 6.68. The van der Waals surface area contributed by atoms with Gasteiger partial charge in [0.2, 0.25) is 10.0 Å². The zero-order chi connectivity index (χ0) is 10.0. The lowest BCUT2D eigenvalue weighted by atomic mass is 10.3. The number of hydrogen-bond acceptors (Lipinski definition) is 3. The van der Waals surface area contributed by atoms with Gasteiger partial charge in [-0.05, 0) is 12.3 Å². The van der Waals surface area contributed by atoms with Crippen LogP contribution in [0, 0.1) is 5.92 Å². The van der Waals surface area contributed by atoms with E-state index in [2.05, 4.69) is 5.32 Å². The Morgan fingerprint density at radius 3 is 2.33 bits per heavy atom. The summed E-state index contributed by atoms with van der Waals surface area (Å²) in [4.78, 5) is 0. The van der Waals surface area contributed by atoms with Crippen LogP contribution in [0.3, 0.4) is 0 Å². The lowest BCUT2D eigenvalue weighted by Gasteiger charge is -2.26. The molecule has 1 saturated heterocycles. The maximum Gasteiger partial charge on any atom is 0.214 e. The molecule has 1 heterocycles. The average molecular weight is 255 g/mol. The van der Waals surface area contributed by atoms with Crippen molar-refractivity contribution in [1.29, 1.82) is 0 Å². The van der Waals surface area contributed by atoms with E-state index in [-0.39, 0.29) is 12.4 Å². The van der Waals surface area contributed by atoms with Gasteiger partial charge in [-0.3, -0.25) is 0 Å². The molecule has 2 rings (SSSR count). The predicted molar refractivity (Wildman–Crippen MR) is 62.8 cm³/mol. The van der Waals surface area contributed by atoms with Crippen molar-refractivity contribution < 1.29 is 8.42 Å². The molecule has 0 spiro atoms. The van der Waals surface area contributed by atoms with Crippen LogP contribution >= 0.6 is 12.4 Å². The van der Waals surface area contributed by atoms with Gasteiger partial charge in [-0.25, -0.2) is 8.42 Å². The van der Waals surface area contributed by atoms with Crippen LogP contribution in [-0.2, 0) is 10.0 Å². The molecule has 0 aromatic heterocycles. The Bertz CT molecular complexity index is 284. The van der Waals surface area contributed by atoms with Crippen LogP contribution in [0.4, 0.5) is 0 Å². The van der Waals surface area contributed by atoms with Crippen LogP contribution in [0.25, 0.3) is 0 Å². The third-order valence-corrected chi connectivity index (χ3v) is 4.85. The van der Waals surface area contributed by atoms with Gasteiger partial charge in [0.15, 0.2) is 0 Å². The lowest BCUT2D eigenvalue weighted by Crippen LogP contribution is -2.47. The van der Waals surface area contributed by atoms with E-state index in [1.165, 1.54) is 12.8 Å². The summed E-state index contributed by atoms with van der Waals surface area (Å²) in [6, 6.07) is 0. The molecule has 6 heteroatoms. The van der Waals surface area contributed by atoms with Crippen molar-refractivity contribution in [3.63, 3.8) is 0 Å². The zero-order valence-corrected chi connectivity index (χ0v) is 10.4. The number of halogens is 1. The molecule has 0 radical (unpaired) electrons. The molecular formula is C9H19ClN2O2S. The minimum Gasteiger partial charge on any atom is -0.314 e. The normalized spacial score (nSPS) is 23.5. The van der Waals surface area contributed by atoms with Crippen LogP contribution < -0.4 is 5.32 Å². The molecule has 0 amide bonds. The van der Waals surface area contributed by atoms with Crippen molar-refractivity contribution in [2.24, 2.45) is 5.92 Å². The summed E-state index contributed by atoms with van der Waals surface area (Å²) >= 11 is 0. The SMILES string of the molecule is Cl.O=S(=O)(CCC1CC1)N1CCNCC1. The second-order valence-corrected chi connectivity index (χ2v) is 6.29. The van der Waals surface area contributed by atoms with Crippen LogP contribution in [0.1, 0.15) is 19.3 Å². The van der Waals surface area contributed by atoms with Crippen molar-refractivity contribution in [3.05, 3.63) is 0 Å². The summed E-state index contributed by atoms with van der Waals surface area (Å²) < 4.78 is 25.3. The predicted octanol–water partition coefficient (Wildman–Crippen LogP) is 0.443. The zero-order valence-electron chi connectivity index (χ0n) is 8.81. The summed E-state index contributed by atoms with van der Waals surface area (Å²) in [5.74, 6) is 1.06. The number of nitrogens with one attached hydrogen (secondary N) is 1. The highest BCUT2D eigenvalue weighted by molar-refractivity contribution is 7.89. The molecule has 0 aromatic carbocycles. The van der Waals surface area contributed by atoms with Gasteiger partial charge >= 0.3 is 0 Å². The fourth-order valence-electron chi connectivity index (χ4n) is 1.77. The minimum atomic E-state index is -2.95. The quantitative estimate of drug-likeness (QED) is 0.792. The molecule has 0 unspecified atom stereocenters. The topological polar surface area (TPSA) is 49.4 Å². The van der Waals surface area contributed by atoms with E-state index < -0.39 is 10.0 Å². The molecule has 90 valence electrons. The lowest BCUT2D eigenvalue weighted by molar-refractivity contribution is 0.359. The van der Waals surface area contributed by atoms with Gasteiger partial charge in [0.1, 0.15) is 0 Å². The third kappa shape index (κ3) is 3.90. The summed E-state index contributed by atoms with van der Waals surface area (Å²) in [5, 5.41) is 3.16. The summed E-state index contributed by atoms with van der Waals surface area (Å²) in [6.45, 7) is 2.88. The largest absolute Gasteiger partial charge is 0.314 e. The van der Waals surface area contributed by atoms with Crippen molar-refractivity contribution >= 4 is 22.4 Å². The standard InChI is InChI=1S/C9H18N2O2S.ClH/c12-14(13,8-3-9-1-2-9)11-6-4-10-5-7-11;/h9-10H,1-8H2;1H. The molecule has 0 atom stereocenters. The maximum absolute atomic E-state index is 11.8. The Morgan fingerprint density at radius 1 is 1.20 bits per heavy atom. The molecule has 15 heavy (non-hydrogen) atoms. The highest BCUT2D eigenvalue weighted by Gasteiger charge is 2.28. The first-order valence-electron chi connectivity index (χ1n) is 5.37. The molecular weight excluding hydrogens is 236 g/mol. The van der Waals surface area contributed by atoms with Gasteiger partial charge in [-0.15, -0.1) is 12.4 Å². The fraction of sp³-hybridized carbons (Fsp3) is 1.00. The van der Waals surface area contributed by atoms with E-state index in [9.17, 15) is 8.42 Å².